The summed E-state index contributed by atoms with van der Waals surface area (Å²) < 4.78 is 38.1. The number of thioether (sulfide) groups is 1. The molecule has 0 amide bonds. The molecule has 0 aliphatic rings. The first-order chi connectivity index (χ1) is 12.0. The zero-order valence-electron chi connectivity index (χ0n) is 13.2. The molecule has 0 spiro atoms. The monoisotopic (exact) mass is 362 g/mol. The molecule has 0 N–H and O–H groups in total. The minimum absolute atomic E-state index is 0.382. The van der Waals surface area contributed by atoms with Crippen molar-refractivity contribution >= 4 is 11.8 Å². The van der Waals surface area contributed by atoms with Crippen LogP contribution in [-0.4, -0.2) is 25.9 Å². The molecule has 0 aliphatic carbocycles. The third kappa shape index (κ3) is 3.96. The summed E-state index contributed by atoms with van der Waals surface area (Å²) >= 11 is 1.45. The number of pyridine rings is 1. The summed E-state index contributed by atoms with van der Waals surface area (Å²) in [5, 5.41) is 8.87. The second-order valence-electron chi connectivity index (χ2n) is 5.01. The minimum Gasteiger partial charge on any atom is -0.253 e. The van der Waals surface area contributed by atoms with E-state index in [2.05, 4.69) is 20.2 Å². The number of aromatic nitrogens is 4. The molecule has 1 aromatic carbocycles. The van der Waals surface area contributed by atoms with Crippen LogP contribution in [0.1, 0.15) is 12.5 Å². The van der Waals surface area contributed by atoms with E-state index < -0.39 is 11.7 Å². The number of alkyl halides is 3. The molecular formula is C17H13F3N4S. The zero-order valence-corrected chi connectivity index (χ0v) is 14.0. The maximum absolute atomic E-state index is 12.7. The predicted molar refractivity (Wildman–Crippen MR) is 89.9 cm³/mol. The molecule has 0 radical (unpaired) electrons. The van der Waals surface area contributed by atoms with Crippen molar-refractivity contribution in [3.63, 3.8) is 0 Å². The normalized spacial score (nSPS) is 11.5. The van der Waals surface area contributed by atoms with Crippen molar-refractivity contribution in [2.45, 2.75) is 18.1 Å². The second kappa shape index (κ2) is 7.18. The summed E-state index contributed by atoms with van der Waals surface area (Å²) in [6.07, 6.45) is -2.73. The van der Waals surface area contributed by atoms with E-state index in [1.807, 2.05) is 13.0 Å². The van der Waals surface area contributed by atoms with Gasteiger partial charge in [0.25, 0.3) is 0 Å². The molecule has 0 aliphatic heterocycles. The van der Waals surface area contributed by atoms with Crippen LogP contribution in [0.5, 0.6) is 0 Å². The molecule has 0 fully saturated rings. The quantitative estimate of drug-likeness (QED) is 0.628. The van der Waals surface area contributed by atoms with Crippen LogP contribution in [0.2, 0.25) is 0 Å². The maximum Gasteiger partial charge on any atom is 0.416 e. The topological polar surface area (TPSA) is 51.6 Å². The van der Waals surface area contributed by atoms with Crippen molar-refractivity contribution in [3.05, 3.63) is 54.2 Å². The third-order valence-electron chi connectivity index (χ3n) is 3.32. The molecule has 0 atom stereocenters. The van der Waals surface area contributed by atoms with Crippen LogP contribution in [0.15, 0.2) is 53.7 Å². The third-order valence-corrected chi connectivity index (χ3v) is 4.16. The first kappa shape index (κ1) is 17.3. The highest BCUT2D eigenvalue weighted by Crippen LogP contribution is 2.33. The summed E-state index contributed by atoms with van der Waals surface area (Å²) in [6.45, 7) is 1.96. The summed E-state index contributed by atoms with van der Waals surface area (Å²) in [6, 6.07) is 10.2. The Hall–Kier alpha value is -2.48. The van der Waals surface area contributed by atoms with E-state index >= 15 is 0 Å². The molecule has 3 rings (SSSR count). The number of benzene rings is 1. The van der Waals surface area contributed by atoms with E-state index in [-0.39, 0.29) is 0 Å². The number of nitrogens with zero attached hydrogens (tertiary/aromatic N) is 4. The predicted octanol–water partition coefficient (Wildman–Crippen LogP) is 4.73. The molecule has 0 saturated heterocycles. The fourth-order valence-corrected chi connectivity index (χ4v) is 2.87. The molecule has 2 aromatic heterocycles. The Kier molecular flexibility index (Phi) is 4.98. The summed E-state index contributed by atoms with van der Waals surface area (Å²) in [5.74, 6) is 1.13. The lowest BCUT2D eigenvalue weighted by Crippen LogP contribution is -2.04. The Morgan fingerprint density at radius 1 is 1.00 bits per heavy atom. The van der Waals surface area contributed by atoms with Gasteiger partial charge in [-0.05, 0) is 30.0 Å². The number of halogens is 3. The minimum atomic E-state index is -4.37. The van der Waals surface area contributed by atoms with Gasteiger partial charge in [-0.3, -0.25) is 4.98 Å². The van der Waals surface area contributed by atoms with Crippen molar-refractivity contribution in [1.82, 2.24) is 20.2 Å². The summed E-state index contributed by atoms with van der Waals surface area (Å²) in [4.78, 5) is 8.68. The van der Waals surface area contributed by atoms with Gasteiger partial charge in [-0.1, -0.05) is 25.1 Å². The highest BCUT2D eigenvalue weighted by Gasteiger charge is 2.30. The maximum atomic E-state index is 12.7. The van der Waals surface area contributed by atoms with E-state index in [0.717, 1.165) is 17.9 Å². The molecule has 3 aromatic rings. The lowest BCUT2D eigenvalue weighted by atomic mass is 10.1. The molecule has 0 unspecified atom stereocenters. The standard InChI is InChI=1S/C17H13F3N4S/c1-2-25-16-14(11-6-8-12(9-7-11)17(18,19)20)23-24-15(22-16)13-5-3-4-10-21-13/h3-10H,2H2,1H3. The van der Waals surface area contributed by atoms with Gasteiger partial charge < -0.3 is 0 Å². The van der Waals surface area contributed by atoms with Crippen LogP contribution < -0.4 is 0 Å². The largest absolute Gasteiger partial charge is 0.416 e. The van der Waals surface area contributed by atoms with Crippen LogP contribution >= 0.6 is 11.8 Å². The van der Waals surface area contributed by atoms with Gasteiger partial charge in [-0.15, -0.1) is 22.0 Å². The van der Waals surface area contributed by atoms with Gasteiger partial charge in [0.15, 0.2) is 0 Å². The molecule has 8 heteroatoms. The van der Waals surface area contributed by atoms with E-state index in [1.54, 1.807) is 18.3 Å². The number of hydrogen-bond donors (Lipinski definition) is 0. The molecule has 2 heterocycles. The van der Waals surface area contributed by atoms with Gasteiger partial charge in [-0.2, -0.15) is 13.2 Å². The summed E-state index contributed by atoms with van der Waals surface area (Å²) in [7, 11) is 0. The van der Waals surface area contributed by atoms with E-state index in [1.165, 1.54) is 23.9 Å². The first-order valence-electron chi connectivity index (χ1n) is 7.45. The fourth-order valence-electron chi connectivity index (χ4n) is 2.15. The lowest BCUT2D eigenvalue weighted by Gasteiger charge is -2.10. The number of hydrogen-bond acceptors (Lipinski definition) is 5. The summed E-state index contributed by atoms with van der Waals surface area (Å²) in [5.41, 5.74) is 0.885. The van der Waals surface area contributed by atoms with Crippen LogP contribution in [0.4, 0.5) is 13.2 Å². The van der Waals surface area contributed by atoms with Crippen LogP contribution in [0.3, 0.4) is 0 Å². The van der Waals surface area contributed by atoms with Gasteiger partial charge in [0.2, 0.25) is 5.82 Å². The van der Waals surface area contributed by atoms with Gasteiger partial charge in [0.1, 0.15) is 16.4 Å². The fraction of sp³-hybridized carbons (Fsp3) is 0.176. The van der Waals surface area contributed by atoms with Gasteiger partial charge >= 0.3 is 6.18 Å². The number of rotatable bonds is 4. The smallest absolute Gasteiger partial charge is 0.253 e. The van der Waals surface area contributed by atoms with Crippen molar-refractivity contribution in [3.8, 4) is 22.8 Å². The Labute approximate surface area is 146 Å². The van der Waals surface area contributed by atoms with Crippen LogP contribution in [0.25, 0.3) is 22.8 Å². The second-order valence-corrected chi connectivity index (χ2v) is 6.26. The van der Waals surface area contributed by atoms with E-state index in [4.69, 9.17) is 0 Å². The Balaban J connectivity index is 2.01. The lowest BCUT2D eigenvalue weighted by molar-refractivity contribution is -0.137. The Morgan fingerprint density at radius 2 is 1.76 bits per heavy atom. The van der Waals surface area contributed by atoms with E-state index in [0.29, 0.717) is 27.8 Å². The van der Waals surface area contributed by atoms with E-state index in [9.17, 15) is 13.2 Å². The average molecular weight is 362 g/mol. The molecule has 0 bridgehead atoms. The zero-order chi connectivity index (χ0) is 17.9. The highest BCUT2D eigenvalue weighted by molar-refractivity contribution is 7.99. The Morgan fingerprint density at radius 3 is 2.36 bits per heavy atom. The van der Waals surface area contributed by atoms with Crippen LogP contribution in [-0.2, 0) is 6.18 Å². The van der Waals surface area contributed by atoms with Crippen molar-refractivity contribution in [2.24, 2.45) is 0 Å². The highest BCUT2D eigenvalue weighted by atomic mass is 32.2. The van der Waals surface area contributed by atoms with Crippen molar-refractivity contribution < 1.29 is 13.2 Å². The molecule has 0 saturated carbocycles. The van der Waals surface area contributed by atoms with Crippen molar-refractivity contribution in [1.29, 1.82) is 0 Å². The molecule has 25 heavy (non-hydrogen) atoms. The SMILES string of the molecule is CCSc1nc(-c2ccccn2)nnc1-c1ccc(C(F)(F)F)cc1. The molecule has 4 nitrogen and oxygen atoms in total. The average Bonchev–Trinajstić information content (AvgIpc) is 2.62. The molecule has 128 valence electrons. The van der Waals surface area contributed by atoms with Gasteiger partial charge in [-0.25, -0.2) is 4.98 Å². The van der Waals surface area contributed by atoms with Crippen molar-refractivity contribution in [2.75, 3.05) is 5.75 Å². The first-order valence-corrected chi connectivity index (χ1v) is 8.44. The molecular weight excluding hydrogens is 349 g/mol. The van der Waals surface area contributed by atoms with Gasteiger partial charge in [0, 0.05) is 11.8 Å². The Bertz CT molecular complexity index is 852. The van der Waals surface area contributed by atoms with Crippen LogP contribution in [0, 0.1) is 0 Å². The van der Waals surface area contributed by atoms with Gasteiger partial charge in [0.05, 0.1) is 5.56 Å².